The van der Waals surface area contributed by atoms with Gasteiger partial charge in [-0.2, -0.15) is 0 Å². The number of fused-ring (bicyclic) bond motifs is 1. The van der Waals surface area contributed by atoms with Crippen molar-refractivity contribution in [2.45, 2.75) is 24.5 Å². The molecule has 6 atom stereocenters. The molecule has 0 aliphatic carbocycles. The van der Waals surface area contributed by atoms with E-state index in [-0.39, 0.29) is 16.7 Å². The summed E-state index contributed by atoms with van der Waals surface area (Å²) in [5.74, 6) is -2.91. The van der Waals surface area contributed by atoms with Crippen molar-refractivity contribution in [3.8, 4) is 0 Å². The zero-order valence-electron chi connectivity index (χ0n) is 16.4. The molecule has 0 saturated carbocycles. The highest BCUT2D eigenvalue weighted by Gasteiger charge is 2.46. The van der Waals surface area contributed by atoms with Gasteiger partial charge >= 0.3 is 15.2 Å². The van der Waals surface area contributed by atoms with Crippen LogP contribution < -0.4 is 5.49 Å². The third kappa shape index (κ3) is 5.61. The molecule has 0 amide bonds. The molecule has 1 aliphatic heterocycles. The third-order valence-electron chi connectivity index (χ3n) is 4.55. The Kier molecular flexibility index (Phi) is 6.99. The van der Waals surface area contributed by atoms with Crippen LogP contribution in [0.25, 0.3) is 11.2 Å². The van der Waals surface area contributed by atoms with E-state index in [1.54, 1.807) is 7.05 Å². The van der Waals surface area contributed by atoms with Crippen LogP contribution in [0.15, 0.2) is 12.7 Å². The lowest BCUT2D eigenvalue weighted by Gasteiger charge is -2.20. The van der Waals surface area contributed by atoms with Crippen LogP contribution in [0.1, 0.15) is 6.23 Å². The number of nitrogens with zero attached hydrogens (tertiary/aromatic N) is 4. The topological polar surface area (TPSA) is 251 Å². The van der Waals surface area contributed by atoms with Crippen molar-refractivity contribution in [1.82, 2.24) is 19.1 Å². The molecule has 2 aromatic heterocycles. The lowest BCUT2D eigenvalue weighted by Crippen LogP contribution is -2.33. The molecule has 1 aliphatic rings. The van der Waals surface area contributed by atoms with Gasteiger partial charge in [-0.1, -0.05) is 0 Å². The van der Waals surface area contributed by atoms with E-state index in [1.807, 2.05) is 0 Å². The number of aromatic nitrogens is 4. The second kappa shape index (κ2) is 8.82. The highest BCUT2D eigenvalue weighted by molar-refractivity contribution is 7.79. The Morgan fingerprint density at radius 1 is 1.09 bits per heavy atom. The zero-order chi connectivity index (χ0) is 24.1. The first kappa shape index (κ1) is 25.3. The van der Waals surface area contributed by atoms with E-state index >= 15 is 0 Å². The van der Waals surface area contributed by atoms with E-state index < -0.39 is 65.5 Å². The SMILES string of the molecule is Cn1cnc2c(ncn2[C@@H]2O[C@H](COP(=O)(O)CP(=O)(O)CP(=O)(O)O)[C@@H](O)[C@H]2O)c1=N. The van der Waals surface area contributed by atoms with E-state index in [9.17, 15) is 33.7 Å². The fourth-order valence-corrected chi connectivity index (χ4v) is 9.55. The van der Waals surface area contributed by atoms with E-state index in [4.69, 9.17) is 24.5 Å². The molecule has 3 heterocycles. The van der Waals surface area contributed by atoms with Gasteiger partial charge in [-0.15, -0.1) is 0 Å². The van der Waals surface area contributed by atoms with Crippen molar-refractivity contribution >= 4 is 33.7 Å². The molecule has 0 bridgehead atoms. The lowest BCUT2D eigenvalue weighted by molar-refractivity contribution is -0.0483. The zero-order valence-corrected chi connectivity index (χ0v) is 19.1. The smallest absolute Gasteiger partial charge is 0.337 e. The van der Waals surface area contributed by atoms with Gasteiger partial charge in [0.05, 0.1) is 19.3 Å². The Morgan fingerprint density at radius 3 is 2.38 bits per heavy atom. The number of aliphatic hydroxyl groups excluding tert-OH is 2. The standard InChI is InChI=1S/C13H22N5O11P3/c1-17-3-16-12-8(11(17)14)15-4-18(12)13-10(20)9(19)7(29-13)2-28-32(26,27)6-30(21,22)5-31(23,24)25/h3-4,7,9-10,13-14,19-20H,2,5-6H2,1H3,(H,21,22)(H,26,27)(H2,23,24,25)/t7-,9-,10-,13-/m1/s1. The second-order valence-electron chi connectivity index (χ2n) is 7.30. The van der Waals surface area contributed by atoms with Crippen molar-refractivity contribution in [2.75, 3.05) is 18.4 Å². The molecule has 2 aromatic rings. The van der Waals surface area contributed by atoms with Gasteiger partial charge in [-0.3, -0.25) is 23.7 Å². The molecule has 0 spiro atoms. The number of imidazole rings is 1. The maximum absolute atomic E-state index is 12.1. The van der Waals surface area contributed by atoms with Gasteiger partial charge in [0.25, 0.3) is 0 Å². The summed E-state index contributed by atoms with van der Waals surface area (Å²) in [5, 5.41) is 28.6. The van der Waals surface area contributed by atoms with E-state index in [2.05, 4.69) is 9.97 Å². The summed E-state index contributed by atoms with van der Waals surface area (Å²) < 4.78 is 47.8. The predicted molar refractivity (Wildman–Crippen MR) is 106 cm³/mol. The van der Waals surface area contributed by atoms with Crippen LogP contribution in [-0.4, -0.2) is 85.6 Å². The predicted octanol–water partition coefficient (Wildman–Crippen LogP) is -1.57. The Bertz CT molecular complexity index is 1210. The lowest BCUT2D eigenvalue weighted by atomic mass is 10.1. The van der Waals surface area contributed by atoms with Crippen LogP contribution in [0, 0.1) is 5.41 Å². The molecule has 0 radical (unpaired) electrons. The highest BCUT2D eigenvalue weighted by atomic mass is 31.3. The van der Waals surface area contributed by atoms with Gasteiger partial charge < -0.3 is 43.6 Å². The Balaban J connectivity index is 1.72. The Morgan fingerprint density at radius 2 is 1.75 bits per heavy atom. The molecule has 32 heavy (non-hydrogen) atoms. The Hall–Kier alpha value is -1.28. The van der Waals surface area contributed by atoms with Crippen molar-refractivity contribution in [3.63, 3.8) is 0 Å². The quantitative estimate of drug-likeness (QED) is 0.196. The maximum atomic E-state index is 12.1. The van der Waals surface area contributed by atoms with Crippen LogP contribution in [0.2, 0.25) is 0 Å². The highest BCUT2D eigenvalue weighted by Crippen LogP contribution is 2.63. The average Bonchev–Trinajstić information content (AvgIpc) is 3.16. The van der Waals surface area contributed by atoms with Crippen LogP contribution in [0.4, 0.5) is 0 Å². The minimum atomic E-state index is -4.92. The number of hydrogen-bond donors (Lipinski definition) is 7. The maximum Gasteiger partial charge on any atom is 0.337 e. The number of aryl methyl sites for hydroxylation is 1. The van der Waals surface area contributed by atoms with Crippen molar-refractivity contribution in [2.24, 2.45) is 7.05 Å². The summed E-state index contributed by atoms with van der Waals surface area (Å²) in [5.41, 5.74) is 0.410. The summed E-state index contributed by atoms with van der Waals surface area (Å²) in [4.78, 5) is 45.2. The average molecular weight is 517 g/mol. The van der Waals surface area contributed by atoms with E-state index in [1.165, 1.54) is 21.8 Å². The number of rotatable bonds is 8. The largest absolute Gasteiger partial charge is 0.387 e. The molecule has 7 N–H and O–H groups in total. The molecular weight excluding hydrogens is 495 g/mol. The monoisotopic (exact) mass is 517 g/mol. The summed E-state index contributed by atoms with van der Waals surface area (Å²) in [6.07, 6.45) is -3.14. The summed E-state index contributed by atoms with van der Waals surface area (Å²) in [6.45, 7) is -0.781. The van der Waals surface area contributed by atoms with Gasteiger partial charge in [0.2, 0.25) is 7.37 Å². The van der Waals surface area contributed by atoms with E-state index in [0.29, 0.717) is 0 Å². The fourth-order valence-electron chi connectivity index (χ4n) is 3.14. The van der Waals surface area contributed by atoms with Crippen molar-refractivity contribution in [3.05, 3.63) is 18.1 Å². The summed E-state index contributed by atoms with van der Waals surface area (Å²) >= 11 is 0. The normalized spacial score (nSPS) is 28.0. The summed E-state index contributed by atoms with van der Waals surface area (Å²) in [6, 6.07) is 0. The van der Waals surface area contributed by atoms with Crippen LogP contribution in [-0.2, 0) is 30.0 Å². The number of aliphatic hydroxyl groups is 2. The van der Waals surface area contributed by atoms with Crippen LogP contribution >= 0.6 is 22.6 Å². The number of nitrogens with one attached hydrogen (secondary N) is 1. The van der Waals surface area contributed by atoms with Crippen molar-refractivity contribution in [1.29, 1.82) is 5.41 Å². The van der Waals surface area contributed by atoms with Gasteiger partial charge in [-0.25, -0.2) is 9.97 Å². The van der Waals surface area contributed by atoms with Gasteiger partial charge in [0, 0.05) is 7.05 Å². The molecule has 0 aromatic carbocycles. The molecule has 3 rings (SSSR count). The summed E-state index contributed by atoms with van der Waals surface area (Å²) in [7, 11) is -12.9. The molecule has 1 saturated heterocycles. The van der Waals surface area contributed by atoms with Gasteiger partial charge in [0.15, 0.2) is 17.4 Å². The van der Waals surface area contributed by atoms with E-state index in [0.717, 1.165) is 0 Å². The minimum absolute atomic E-state index is 0.0339. The second-order valence-corrected chi connectivity index (χ2v) is 14.1. The minimum Gasteiger partial charge on any atom is -0.387 e. The molecule has 19 heteroatoms. The first-order valence-corrected chi connectivity index (χ1v) is 14.5. The third-order valence-corrected chi connectivity index (χ3v) is 11.5. The number of ether oxygens (including phenoxy) is 1. The first-order valence-electron chi connectivity index (χ1n) is 8.86. The number of hydrogen-bond acceptors (Lipinski definition) is 10. The fraction of sp³-hybridized carbons (Fsp3) is 0.615. The molecule has 180 valence electrons. The van der Waals surface area contributed by atoms with Gasteiger partial charge in [0.1, 0.15) is 35.6 Å². The molecule has 16 nitrogen and oxygen atoms in total. The van der Waals surface area contributed by atoms with Crippen molar-refractivity contribution < 1.29 is 52.7 Å². The molecule has 2 unspecified atom stereocenters. The van der Waals surface area contributed by atoms with Gasteiger partial charge in [-0.05, 0) is 0 Å². The Labute approximate surface area is 179 Å². The first-order chi connectivity index (χ1) is 14.6. The van der Waals surface area contributed by atoms with Crippen LogP contribution in [0.3, 0.4) is 0 Å². The molecule has 1 fully saturated rings. The van der Waals surface area contributed by atoms with Crippen LogP contribution in [0.5, 0.6) is 0 Å². The molecular formula is C13H22N5O11P3.